The lowest BCUT2D eigenvalue weighted by molar-refractivity contribution is 0.556. The summed E-state index contributed by atoms with van der Waals surface area (Å²) < 4.78 is 0. The van der Waals surface area contributed by atoms with Gasteiger partial charge in [0.25, 0.3) is 0 Å². The molecular weight excluding hydrogens is 298 g/mol. The molecule has 1 nitrogen and oxygen atoms in total. The van der Waals surface area contributed by atoms with Crippen molar-refractivity contribution in [3.8, 4) is 0 Å². The fourth-order valence-corrected chi connectivity index (χ4v) is 3.07. The summed E-state index contributed by atoms with van der Waals surface area (Å²) in [5, 5.41) is 1.74. The van der Waals surface area contributed by atoms with Crippen molar-refractivity contribution >= 4 is 33.2 Å². The molecule has 3 heteroatoms. The predicted octanol–water partition coefficient (Wildman–Crippen LogP) is 5.01. The summed E-state index contributed by atoms with van der Waals surface area (Å²) in [5.74, 6) is 0. The van der Waals surface area contributed by atoms with E-state index in [2.05, 4.69) is 33.0 Å². The van der Waals surface area contributed by atoms with E-state index in [4.69, 9.17) is 11.6 Å². The van der Waals surface area contributed by atoms with Gasteiger partial charge in [0.2, 0.25) is 0 Å². The van der Waals surface area contributed by atoms with Crippen LogP contribution in [0.5, 0.6) is 0 Å². The molecule has 2 rings (SSSR count). The Hall–Kier alpha value is -0.210. The van der Waals surface area contributed by atoms with Gasteiger partial charge < -0.3 is 4.90 Å². The first-order valence-electron chi connectivity index (χ1n) is 6.40. The van der Waals surface area contributed by atoms with E-state index in [0.717, 1.165) is 10.4 Å². The summed E-state index contributed by atoms with van der Waals surface area (Å²) in [4.78, 5) is 2.50. The van der Waals surface area contributed by atoms with Crippen LogP contribution in [0.4, 0.5) is 5.69 Å². The maximum absolute atomic E-state index is 6.12. The highest BCUT2D eigenvalue weighted by Gasteiger charge is 2.12. The van der Waals surface area contributed by atoms with E-state index in [0.29, 0.717) is 0 Å². The minimum Gasteiger partial charge on any atom is -0.371 e. The van der Waals surface area contributed by atoms with Gasteiger partial charge in [0, 0.05) is 29.1 Å². The van der Waals surface area contributed by atoms with Gasteiger partial charge in [0.05, 0.1) is 0 Å². The standard InChI is InChI=1S/C14H19BrClN/c15-11-12-6-7-13(16)10-14(12)17-8-4-2-1-3-5-9-17/h6-7,10H,1-5,8-9,11H2. The number of benzene rings is 1. The van der Waals surface area contributed by atoms with E-state index in [1.54, 1.807) is 0 Å². The fraction of sp³-hybridized carbons (Fsp3) is 0.571. The molecular formula is C14H19BrClN. The molecule has 1 aliphatic rings. The number of hydrogen-bond donors (Lipinski definition) is 0. The van der Waals surface area contributed by atoms with Gasteiger partial charge in [-0.25, -0.2) is 0 Å². The van der Waals surface area contributed by atoms with Crippen molar-refractivity contribution < 1.29 is 0 Å². The number of nitrogens with zero attached hydrogens (tertiary/aromatic N) is 1. The van der Waals surface area contributed by atoms with Crippen LogP contribution in [0.25, 0.3) is 0 Å². The smallest absolute Gasteiger partial charge is 0.0426 e. The van der Waals surface area contributed by atoms with Crippen LogP contribution in [-0.2, 0) is 5.33 Å². The predicted molar refractivity (Wildman–Crippen MR) is 79.4 cm³/mol. The Morgan fingerprint density at radius 3 is 2.35 bits per heavy atom. The van der Waals surface area contributed by atoms with Crippen LogP contribution in [0.3, 0.4) is 0 Å². The molecule has 0 atom stereocenters. The minimum atomic E-state index is 0.840. The number of anilines is 1. The molecule has 1 heterocycles. The molecule has 1 aromatic rings. The SMILES string of the molecule is Clc1ccc(CBr)c(N2CCCCCCC2)c1. The Kier molecular flexibility index (Phi) is 5.17. The van der Waals surface area contributed by atoms with Gasteiger partial charge in [-0.2, -0.15) is 0 Å². The van der Waals surface area contributed by atoms with E-state index in [-0.39, 0.29) is 0 Å². The lowest BCUT2D eigenvalue weighted by atomic mass is 10.1. The third-order valence-electron chi connectivity index (χ3n) is 3.39. The lowest BCUT2D eigenvalue weighted by Gasteiger charge is -2.28. The number of alkyl halides is 1. The van der Waals surface area contributed by atoms with Crippen LogP contribution in [0.2, 0.25) is 5.02 Å². The number of hydrogen-bond acceptors (Lipinski definition) is 1. The fourth-order valence-electron chi connectivity index (χ4n) is 2.43. The molecule has 1 aromatic carbocycles. The largest absolute Gasteiger partial charge is 0.371 e. The van der Waals surface area contributed by atoms with Gasteiger partial charge in [-0.3, -0.25) is 0 Å². The molecule has 0 radical (unpaired) electrons. The van der Waals surface area contributed by atoms with E-state index in [9.17, 15) is 0 Å². The third-order valence-corrected chi connectivity index (χ3v) is 4.23. The van der Waals surface area contributed by atoms with E-state index >= 15 is 0 Å². The van der Waals surface area contributed by atoms with Crippen molar-refractivity contribution in [2.45, 2.75) is 37.4 Å². The normalized spacial score (nSPS) is 17.6. The van der Waals surface area contributed by atoms with Crippen LogP contribution in [0.15, 0.2) is 18.2 Å². The maximum atomic E-state index is 6.12. The molecule has 17 heavy (non-hydrogen) atoms. The molecule has 0 amide bonds. The summed E-state index contributed by atoms with van der Waals surface area (Å²) in [6.45, 7) is 2.33. The summed E-state index contributed by atoms with van der Waals surface area (Å²) >= 11 is 9.69. The Bertz CT molecular complexity index is 359. The van der Waals surface area contributed by atoms with Crippen molar-refractivity contribution in [1.82, 2.24) is 0 Å². The van der Waals surface area contributed by atoms with Crippen LogP contribution >= 0.6 is 27.5 Å². The lowest BCUT2D eigenvalue weighted by Crippen LogP contribution is -2.27. The average Bonchev–Trinajstić information content (AvgIpc) is 2.28. The zero-order valence-corrected chi connectivity index (χ0v) is 12.4. The van der Waals surface area contributed by atoms with Gasteiger partial charge in [0.1, 0.15) is 0 Å². The van der Waals surface area contributed by atoms with Gasteiger partial charge in [-0.1, -0.05) is 52.9 Å². The first-order chi connectivity index (χ1) is 8.31. The molecule has 0 aliphatic carbocycles. The Morgan fingerprint density at radius 1 is 1.06 bits per heavy atom. The molecule has 0 saturated carbocycles. The molecule has 1 fully saturated rings. The van der Waals surface area contributed by atoms with Crippen molar-refractivity contribution in [1.29, 1.82) is 0 Å². The molecule has 0 bridgehead atoms. The first-order valence-corrected chi connectivity index (χ1v) is 7.90. The average molecular weight is 317 g/mol. The summed E-state index contributed by atoms with van der Waals surface area (Å²) in [7, 11) is 0. The second-order valence-corrected chi connectivity index (χ2v) is 5.66. The highest BCUT2D eigenvalue weighted by molar-refractivity contribution is 9.08. The number of halogens is 2. The second kappa shape index (κ2) is 6.65. The molecule has 0 spiro atoms. The van der Waals surface area contributed by atoms with Gasteiger partial charge in [-0.05, 0) is 30.5 Å². The summed E-state index contributed by atoms with van der Waals surface area (Å²) in [5.41, 5.74) is 2.66. The van der Waals surface area contributed by atoms with Gasteiger partial charge in [-0.15, -0.1) is 0 Å². The minimum absolute atomic E-state index is 0.840. The monoisotopic (exact) mass is 315 g/mol. The molecule has 1 aliphatic heterocycles. The highest BCUT2D eigenvalue weighted by atomic mass is 79.9. The zero-order valence-electron chi connectivity index (χ0n) is 10.1. The van der Waals surface area contributed by atoms with E-state index in [1.165, 1.54) is 56.4 Å². The Morgan fingerprint density at radius 2 is 1.71 bits per heavy atom. The van der Waals surface area contributed by atoms with Crippen molar-refractivity contribution in [2.24, 2.45) is 0 Å². The van der Waals surface area contributed by atoms with Crippen molar-refractivity contribution in [2.75, 3.05) is 18.0 Å². The summed E-state index contributed by atoms with van der Waals surface area (Å²) in [6.07, 6.45) is 6.72. The van der Waals surface area contributed by atoms with Gasteiger partial charge in [0.15, 0.2) is 0 Å². The van der Waals surface area contributed by atoms with E-state index < -0.39 is 0 Å². The zero-order chi connectivity index (χ0) is 12.1. The van der Waals surface area contributed by atoms with Crippen molar-refractivity contribution in [3.63, 3.8) is 0 Å². The highest BCUT2D eigenvalue weighted by Crippen LogP contribution is 2.28. The molecule has 0 N–H and O–H groups in total. The van der Waals surface area contributed by atoms with Crippen LogP contribution in [0.1, 0.15) is 37.7 Å². The maximum Gasteiger partial charge on any atom is 0.0426 e. The van der Waals surface area contributed by atoms with Crippen molar-refractivity contribution in [3.05, 3.63) is 28.8 Å². The van der Waals surface area contributed by atoms with Crippen LogP contribution in [-0.4, -0.2) is 13.1 Å². The quantitative estimate of drug-likeness (QED) is 0.694. The molecule has 94 valence electrons. The Labute approximate surface area is 117 Å². The summed E-state index contributed by atoms with van der Waals surface area (Å²) in [6, 6.07) is 6.22. The Balaban J connectivity index is 2.20. The third kappa shape index (κ3) is 3.62. The van der Waals surface area contributed by atoms with E-state index in [1.807, 2.05) is 6.07 Å². The second-order valence-electron chi connectivity index (χ2n) is 4.66. The number of rotatable bonds is 2. The molecule has 0 aromatic heterocycles. The molecule has 1 saturated heterocycles. The van der Waals surface area contributed by atoms with Crippen LogP contribution in [0, 0.1) is 0 Å². The topological polar surface area (TPSA) is 3.24 Å². The van der Waals surface area contributed by atoms with Gasteiger partial charge >= 0.3 is 0 Å². The van der Waals surface area contributed by atoms with Crippen LogP contribution < -0.4 is 4.90 Å². The molecule has 0 unspecified atom stereocenters. The first kappa shape index (κ1) is 13.2.